The molecule has 5 nitrogen and oxygen atoms in total. The number of benzene rings is 1. The van der Waals surface area contributed by atoms with Gasteiger partial charge in [-0.1, -0.05) is 36.8 Å². The Morgan fingerprint density at radius 2 is 2.17 bits per heavy atom. The molecule has 0 spiro atoms. The van der Waals surface area contributed by atoms with Crippen LogP contribution < -0.4 is 5.32 Å². The number of esters is 1. The second-order valence-corrected chi connectivity index (χ2v) is 7.15. The average molecular weight is 390 g/mol. The molecule has 2 aromatic rings. The summed E-state index contributed by atoms with van der Waals surface area (Å²) in [7, 11) is 0. The molecule has 6 heteroatoms. The van der Waals surface area contributed by atoms with Crippen molar-refractivity contribution in [2.75, 3.05) is 11.9 Å². The number of ether oxygens (including phenoxy) is 1. The Morgan fingerprint density at radius 1 is 1.38 bits per heavy atom. The maximum Gasteiger partial charge on any atom is 0.328 e. The fourth-order valence-electron chi connectivity index (χ4n) is 3.95. The number of anilines is 1. The van der Waals surface area contributed by atoms with E-state index in [0.29, 0.717) is 6.61 Å². The number of rotatable bonds is 3. The Labute approximate surface area is 149 Å². The maximum absolute atomic E-state index is 12.4. The zero-order chi connectivity index (χ0) is 16.7. The van der Waals surface area contributed by atoms with E-state index < -0.39 is 0 Å². The van der Waals surface area contributed by atoms with E-state index in [1.807, 2.05) is 37.3 Å². The molecule has 24 heavy (non-hydrogen) atoms. The number of carbonyl (C=O) groups excluding carboxylic acids is 1. The molecule has 126 valence electrons. The molecule has 1 aromatic heterocycles. The maximum atomic E-state index is 12.4. The number of hydrogen-bond acceptors (Lipinski definition) is 4. The molecule has 1 aromatic carbocycles. The molecule has 3 atom stereocenters. The molecule has 1 fully saturated rings. The highest BCUT2D eigenvalue weighted by Crippen LogP contribution is 2.47. The number of aromatic nitrogens is 2. The molecule has 1 N–H and O–H groups in total. The van der Waals surface area contributed by atoms with Crippen molar-refractivity contribution < 1.29 is 9.53 Å². The van der Waals surface area contributed by atoms with Gasteiger partial charge >= 0.3 is 5.97 Å². The van der Waals surface area contributed by atoms with Crippen LogP contribution >= 0.6 is 15.9 Å². The van der Waals surface area contributed by atoms with Gasteiger partial charge in [-0.25, -0.2) is 9.48 Å². The lowest BCUT2D eigenvalue weighted by atomic mass is 9.92. The van der Waals surface area contributed by atoms with Crippen molar-refractivity contribution >= 4 is 27.7 Å². The van der Waals surface area contributed by atoms with Gasteiger partial charge in [0.05, 0.1) is 17.1 Å². The van der Waals surface area contributed by atoms with Crippen LogP contribution in [0, 0.1) is 5.92 Å². The van der Waals surface area contributed by atoms with Gasteiger partial charge in [0.15, 0.2) is 0 Å². The van der Waals surface area contributed by atoms with E-state index in [4.69, 9.17) is 9.84 Å². The van der Waals surface area contributed by atoms with Crippen molar-refractivity contribution in [3.63, 3.8) is 0 Å². The van der Waals surface area contributed by atoms with Crippen LogP contribution in [0.4, 0.5) is 5.82 Å². The number of hydrogen-bond donors (Lipinski definition) is 1. The topological polar surface area (TPSA) is 56.1 Å². The van der Waals surface area contributed by atoms with Gasteiger partial charge in [-0.2, -0.15) is 5.10 Å². The van der Waals surface area contributed by atoms with Crippen molar-refractivity contribution in [2.24, 2.45) is 5.92 Å². The van der Waals surface area contributed by atoms with Gasteiger partial charge in [0.1, 0.15) is 17.6 Å². The first-order valence-electron chi connectivity index (χ1n) is 8.47. The quantitative estimate of drug-likeness (QED) is 0.805. The smallest absolute Gasteiger partial charge is 0.328 e. The van der Waals surface area contributed by atoms with Crippen molar-refractivity contribution in [1.29, 1.82) is 0 Å². The molecule has 4 rings (SSSR count). The fraction of sp³-hybridized carbons (Fsp3) is 0.444. The predicted octanol–water partition coefficient (Wildman–Crippen LogP) is 4.01. The van der Waals surface area contributed by atoms with Crippen LogP contribution in [0.2, 0.25) is 0 Å². The van der Waals surface area contributed by atoms with Crippen molar-refractivity contribution in [3.8, 4) is 11.3 Å². The standard InChI is InChI=1S/C18H20BrN3O2/c1-2-24-18(23)16-12-9-6-10-13(12)22-17(20-16)14(19)15(21-22)11-7-4-3-5-8-11/h3-5,7-8,12-13,16,20H,2,6,9-10H2,1H3. The Hall–Kier alpha value is -1.82. The normalized spacial score (nSPS) is 24.8. The molecule has 0 radical (unpaired) electrons. The van der Waals surface area contributed by atoms with Crippen LogP contribution in [0.15, 0.2) is 34.8 Å². The molecule has 2 heterocycles. The van der Waals surface area contributed by atoms with Crippen molar-refractivity contribution in [3.05, 3.63) is 34.8 Å². The number of halogens is 1. The molecule has 2 aliphatic rings. The lowest BCUT2D eigenvalue weighted by Crippen LogP contribution is -2.45. The monoisotopic (exact) mass is 389 g/mol. The first-order chi connectivity index (χ1) is 11.7. The van der Waals surface area contributed by atoms with E-state index in [1.54, 1.807) is 0 Å². The Balaban J connectivity index is 1.76. The molecule has 0 bridgehead atoms. The van der Waals surface area contributed by atoms with Crippen LogP contribution in [-0.4, -0.2) is 28.4 Å². The minimum absolute atomic E-state index is 0.157. The van der Waals surface area contributed by atoms with Crippen LogP contribution in [0.1, 0.15) is 32.2 Å². The van der Waals surface area contributed by atoms with Crippen molar-refractivity contribution in [1.82, 2.24) is 9.78 Å². The van der Waals surface area contributed by atoms with Crippen LogP contribution in [0.25, 0.3) is 11.3 Å². The molecule has 1 saturated carbocycles. The summed E-state index contributed by atoms with van der Waals surface area (Å²) in [5.41, 5.74) is 1.98. The summed E-state index contributed by atoms with van der Waals surface area (Å²) >= 11 is 3.69. The number of nitrogens with one attached hydrogen (secondary N) is 1. The lowest BCUT2D eigenvalue weighted by Gasteiger charge is -2.34. The molecule has 1 aliphatic carbocycles. The summed E-state index contributed by atoms with van der Waals surface area (Å²) in [6, 6.07) is 10.1. The number of carbonyl (C=O) groups is 1. The highest BCUT2D eigenvalue weighted by molar-refractivity contribution is 9.10. The van der Waals surface area contributed by atoms with Gasteiger partial charge in [0.2, 0.25) is 0 Å². The van der Waals surface area contributed by atoms with Gasteiger partial charge in [-0.3, -0.25) is 0 Å². The van der Waals surface area contributed by atoms with E-state index in [1.165, 1.54) is 0 Å². The van der Waals surface area contributed by atoms with E-state index in [9.17, 15) is 4.79 Å². The summed E-state index contributed by atoms with van der Waals surface area (Å²) in [6.45, 7) is 2.25. The SMILES string of the molecule is CCOC(=O)C1Nc2c(Br)c(-c3ccccc3)nn2C2CCCC12. The summed E-state index contributed by atoms with van der Waals surface area (Å²) < 4.78 is 8.27. The molecule has 3 unspecified atom stereocenters. The highest BCUT2D eigenvalue weighted by Gasteiger charge is 2.45. The van der Waals surface area contributed by atoms with E-state index in [0.717, 1.165) is 40.8 Å². The molecular formula is C18H20BrN3O2. The summed E-state index contributed by atoms with van der Waals surface area (Å²) in [4.78, 5) is 12.4. The second-order valence-electron chi connectivity index (χ2n) is 6.36. The highest BCUT2D eigenvalue weighted by atomic mass is 79.9. The molecular weight excluding hydrogens is 370 g/mol. The predicted molar refractivity (Wildman–Crippen MR) is 95.8 cm³/mol. The van der Waals surface area contributed by atoms with Gasteiger partial charge < -0.3 is 10.1 Å². The minimum atomic E-state index is -0.290. The van der Waals surface area contributed by atoms with Crippen LogP contribution in [0.5, 0.6) is 0 Å². The first kappa shape index (κ1) is 15.7. The van der Waals surface area contributed by atoms with Gasteiger partial charge in [-0.05, 0) is 35.7 Å². The molecule has 0 amide bonds. The first-order valence-corrected chi connectivity index (χ1v) is 9.26. The van der Waals surface area contributed by atoms with E-state index in [2.05, 4.69) is 25.9 Å². The number of nitrogens with zero attached hydrogens (tertiary/aromatic N) is 2. The van der Waals surface area contributed by atoms with E-state index in [-0.39, 0.29) is 24.0 Å². The zero-order valence-corrected chi connectivity index (χ0v) is 15.1. The van der Waals surface area contributed by atoms with Crippen LogP contribution in [-0.2, 0) is 9.53 Å². The second kappa shape index (κ2) is 6.24. The lowest BCUT2D eigenvalue weighted by molar-refractivity contribution is -0.145. The Bertz CT molecular complexity index is 759. The van der Waals surface area contributed by atoms with E-state index >= 15 is 0 Å². The third-order valence-corrected chi connectivity index (χ3v) is 5.76. The fourth-order valence-corrected chi connectivity index (χ4v) is 4.55. The third kappa shape index (κ3) is 2.44. The third-order valence-electron chi connectivity index (χ3n) is 5.01. The van der Waals surface area contributed by atoms with Crippen LogP contribution in [0.3, 0.4) is 0 Å². The Morgan fingerprint density at radius 3 is 2.92 bits per heavy atom. The van der Waals surface area contributed by atoms with Gasteiger partial charge in [-0.15, -0.1) is 0 Å². The van der Waals surface area contributed by atoms with Gasteiger partial charge in [0.25, 0.3) is 0 Å². The summed E-state index contributed by atoms with van der Waals surface area (Å²) in [6.07, 6.45) is 3.20. The molecule has 0 saturated heterocycles. The Kier molecular flexibility index (Phi) is 4.08. The van der Waals surface area contributed by atoms with Crippen molar-refractivity contribution in [2.45, 2.75) is 38.3 Å². The molecule has 1 aliphatic heterocycles. The number of fused-ring (bicyclic) bond motifs is 3. The van der Waals surface area contributed by atoms with Gasteiger partial charge in [0, 0.05) is 11.5 Å². The summed E-state index contributed by atoms with van der Waals surface area (Å²) in [5, 5.41) is 8.25. The minimum Gasteiger partial charge on any atom is -0.464 e. The summed E-state index contributed by atoms with van der Waals surface area (Å²) in [5.74, 6) is 0.969. The largest absolute Gasteiger partial charge is 0.464 e. The average Bonchev–Trinajstić information content (AvgIpc) is 3.20. The zero-order valence-electron chi connectivity index (χ0n) is 13.5.